The van der Waals surface area contributed by atoms with Crippen molar-refractivity contribution >= 4 is 17.1 Å². The Balaban J connectivity index is 1.39. The number of hydrogen-bond donors (Lipinski definition) is 0. The third kappa shape index (κ3) is 5.16. The monoisotopic (exact) mass is 550 g/mol. The fourth-order valence-electron chi connectivity index (χ4n) is 5.51. The first kappa shape index (κ1) is 26.3. The molecule has 8 heteroatoms. The number of para-hydroxylation sites is 1. The van der Waals surface area contributed by atoms with Crippen molar-refractivity contribution < 1.29 is 4.79 Å². The Labute approximate surface area is 239 Å². The highest BCUT2D eigenvalue weighted by Gasteiger charge is 2.29. The number of thiazole rings is 1. The van der Waals surface area contributed by atoms with Gasteiger partial charge in [0.1, 0.15) is 16.6 Å². The quantitative estimate of drug-likeness (QED) is 0.216. The second kappa shape index (κ2) is 11.3. The first-order valence-electron chi connectivity index (χ1n) is 14.1. The van der Waals surface area contributed by atoms with Gasteiger partial charge >= 0.3 is 0 Å². The lowest BCUT2D eigenvalue weighted by atomic mass is 10.0. The van der Waals surface area contributed by atoms with Gasteiger partial charge in [0.05, 0.1) is 34.1 Å². The summed E-state index contributed by atoms with van der Waals surface area (Å²) in [5.74, 6) is 1.12. The van der Waals surface area contributed by atoms with Gasteiger partial charge in [-0.2, -0.15) is 5.10 Å². The van der Waals surface area contributed by atoms with Gasteiger partial charge in [0.2, 0.25) is 0 Å². The van der Waals surface area contributed by atoms with E-state index in [1.807, 2.05) is 24.0 Å². The topological polar surface area (TPSA) is 78.5 Å². The predicted octanol–water partition coefficient (Wildman–Crippen LogP) is 6.29. The molecular weight excluding hydrogens is 516 g/mol. The van der Waals surface area contributed by atoms with Crippen molar-refractivity contribution in [3.63, 3.8) is 0 Å². The van der Waals surface area contributed by atoms with Crippen molar-refractivity contribution in [3.05, 3.63) is 88.3 Å². The highest BCUT2D eigenvalue weighted by Crippen LogP contribution is 2.42. The second-order valence-electron chi connectivity index (χ2n) is 10.6. The fraction of sp³-hybridized carbons (Fsp3) is 0.344. The van der Waals surface area contributed by atoms with Crippen LogP contribution in [0.15, 0.2) is 55.0 Å². The number of imidazole rings is 1. The van der Waals surface area contributed by atoms with E-state index in [2.05, 4.69) is 59.9 Å². The Bertz CT molecular complexity index is 1660. The molecule has 1 aromatic carbocycles. The largest absolute Gasteiger partial charge is 0.338 e. The average molecular weight is 551 g/mol. The van der Waals surface area contributed by atoms with Crippen molar-refractivity contribution in [1.29, 1.82) is 0 Å². The number of carbonyl (C=O) groups excluding carboxylic acids is 1. The number of carbonyl (C=O) groups is 1. The molecule has 0 unspecified atom stereocenters. The minimum Gasteiger partial charge on any atom is -0.338 e. The summed E-state index contributed by atoms with van der Waals surface area (Å²) in [6.07, 6.45) is 12.0. The van der Waals surface area contributed by atoms with Crippen LogP contribution in [0.5, 0.6) is 0 Å². The van der Waals surface area contributed by atoms with Crippen molar-refractivity contribution in [2.45, 2.75) is 65.2 Å². The molecule has 40 heavy (non-hydrogen) atoms. The van der Waals surface area contributed by atoms with E-state index in [4.69, 9.17) is 15.1 Å². The Morgan fingerprint density at radius 2 is 1.95 bits per heavy atom. The van der Waals surface area contributed by atoms with Crippen molar-refractivity contribution in [3.8, 4) is 27.5 Å². The lowest BCUT2D eigenvalue weighted by Gasteiger charge is -2.10. The average Bonchev–Trinajstić information content (AvgIpc) is 3.62. The Morgan fingerprint density at radius 1 is 1.07 bits per heavy atom. The molecule has 204 valence electrons. The molecule has 4 aromatic heterocycles. The maximum absolute atomic E-state index is 12.9. The number of ketones is 1. The van der Waals surface area contributed by atoms with Crippen molar-refractivity contribution in [2.24, 2.45) is 7.05 Å². The second-order valence-corrected chi connectivity index (χ2v) is 11.7. The normalized spacial score (nSPS) is 12.7. The fourth-order valence-corrected chi connectivity index (χ4v) is 6.70. The maximum Gasteiger partial charge on any atom is 0.140 e. The number of aromatic nitrogens is 6. The Kier molecular flexibility index (Phi) is 7.43. The highest BCUT2D eigenvalue weighted by atomic mass is 32.1. The van der Waals surface area contributed by atoms with Crippen LogP contribution in [0.3, 0.4) is 0 Å². The molecule has 0 fully saturated rings. The molecule has 0 spiro atoms. The van der Waals surface area contributed by atoms with Gasteiger partial charge in [-0.05, 0) is 56.4 Å². The highest BCUT2D eigenvalue weighted by molar-refractivity contribution is 7.15. The molecule has 1 aliphatic carbocycles. The third-order valence-corrected chi connectivity index (χ3v) is 8.73. The van der Waals surface area contributed by atoms with Gasteiger partial charge < -0.3 is 4.57 Å². The van der Waals surface area contributed by atoms with Gasteiger partial charge in [-0.3, -0.25) is 9.78 Å². The van der Waals surface area contributed by atoms with E-state index in [1.165, 1.54) is 5.56 Å². The summed E-state index contributed by atoms with van der Waals surface area (Å²) >= 11 is 1.65. The zero-order chi connectivity index (χ0) is 27.6. The van der Waals surface area contributed by atoms with Gasteiger partial charge in [0.15, 0.2) is 0 Å². The number of hydrogen-bond acceptors (Lipinski definition) is 6. The molecule has 0 saturated heterocycles. The van der Waals surface area contributed by atoms with Crippen LogP contribution in [0.4, 0.5) is 0 Å². The molecule has 0 atom stereocenters. The van der Waals surface area contributed by atoms with Crippen LogP contribution >= 0.6 is 11.3 Å². The van der Waals surface area contributed by atoms with Crippen LogP contribution in [-0.4, -0.2) is 35.1 Å². The lowest BCUT2D eigenvalue weighted by Crippen LogP contribution is -2.07. The van der Waals surface area contributed by atoms with E-state index in [0.717, 1.165) is 87.4 Å². The van der Waals surface area contributed by atoms with Crippen LogP contribution in [0.1, 0.15) is 59.5 Å². The third-order valence-electron chi connectivity index (χ3n) is 7.63. The molecule has 1 aliphatic rings. The summed E-state index contributed by atoms with van der Waals surface area (Å²) in [5.41, 5.74) is 8.79. The summed E-state index contributed by atoms with van der Waals surface area (Å²) in [5, 5.41) is 6.11. The van der Waals surface area contributed by atoms with Crippen LogP contribution in [0.2, 0.25) is 0 Å². The van der Waals surface area contributed by atoms with E-state index in [9.17, 15) is 4.79 Å². The van der Waals surface area contributed by atoms with Crippen LogP contribution in [-0.2, 0) is 43.9 Å². The molecule has 0 radical (unpaired) electrons. The van der Waals surface area contributed by atoms with E-state index >= 15 is 0 Å². The molecule has 6 rings (SSSR count). The van der Waals surface area contributed by atoms with Crippen molar-refractivity contribution in [1.82, 2.24) is 29.3 Å². The van der Waals surface area contributed by atoms with Gasteiger partial charge in [-0.15, -0.1) is 11.3 Å². The number of rotatable bonds is 9. The number of pyridine rings is 1. The van der Waals surface area contributed by atoms with Crippen LogP contribution in [0, 0.1) is 6.92 Å². The van der Waals surface area contributed by atoms with E-state index in [0.29, 0.717) is 19.3 Å². The van der Waals surface area contributed by atoms with Gasteiger partial charge in [0.25, 0.3) is 0 Å². The van der Waals surface area contributed by atoms with E-state index in [-0.39, 0.29) is 5.78 Å². The SMILES string of the molecule is CCCc1ccc(-c2nn(-c3ccccc3C)c3c2CCCc2nc(CC(=O)CCc4nccn4C)sc2-3)cn1. The van der Waals surface area contributed by atoms with Gasteiger partial charge in [-0.25, -0.2) is 14.6 Å². The number of fused-ring (bicyclic) bond motifs is 3. The molecular formula is C32H34N6OS. The molecule has 5 aromatic rings. The lowest BCUT2D eigenvalue weighted by molar-refractivity contribution is -0.118. The summed E-state index contributed by atoms with van der Waals surface area (Å²) in [6.45, 7) is 4.30. The molecule has 0 amide bonds. The standard InChI is InChI=1S/C32H34N6OS/c1-4-8-23-14-13-22(20-34-23)30-25-10-7-11-26-32(31(25)38(36-30)27-12-6-5-9-21(27)2)40-29(35-26)19-24(39)15-16-28-33-17-18-37(28)3/h5-6,9,12-14,17-18,20H,4,7-8,10-11,15-16,19H2,1-3H3. The summed E-state index contributed by atoms with van der Waals surface area (Å²) < 4.78 is 4.08. The zero-order valence-corrected chi connectivity index (χ0v) is 24.2. The van der Waals surface area contributed by atoms with Crippen LogP contribution in [0.25, 0.3) is 27.5 Å². The Morgan fingerprint density at radius 3 is 2.70 bits per heavy atom. The first-order chi connectivity index (χ1) is 19.5. The summed E-state index contributed by atoms with van der Waals surface area (Å²) in [7, 11) is 1.96. The zero-order valence-electron chi connectivity index (χ0n) is 23.4. The number of benzene rings is 1. The first-order valence-corrected chi connectivity index (χ1v) is 14.9. The molecule has 4 heterocycles. The number of aryl methyl sites for hydroxylation is 5. The number of Topliss-reactive ketones (excluding diaryl/α,β-unsaturated/α-hetero) is 1. The molecule has 7 nitrogen and oxygen atoms in total. The van der Waals surface area contributed by atoms with Gasteiger partial charge in [0, 0.05) is 55.3 Å². The minimum absolute atomic E-state index is 0.193. The molecule has 0 N–H and O–H groups in total. The van der Waals surface area contributed by atoms with Crippen LogP contribution < -0.4 is 0 Å². The summed E-state index contributed by atoms with van der Waals surface area (Å²) in [4.78, 5) is 28.2. The van der Waals surface area contributed by atoms with Gasteiger partial charge in [-0.1, -0.05) is 31.5 Å². The predicted molar refractivity (Wildman–Crippen MR) is 159 cm³/mol. The maximum atomic E-state index is 12.9. The van der Waals surface area contributed by atoms with E-state index < -0.39 is 0 Å². The summed E-state index contributed by atoms with van der Waals surface area (Å²) in [6, 6.07) is 12.7. The minimum atomic E-state index is 0.193. The van der Waals surface area contributed by atoms with Crippen molar-refractivity contribution in [2.75, 3.05) is 0 Å². The smallest absolute Gasteiger partial charge is 0.140 e. The number of nitrogens with zero attached hydrogens (tertiary/aromatic N) is 6. The molecule has 0 saturated carbocycles. The van der Waals surface area contributed by atoms with E-state index in [1.54, 1.807) is 17.5 Å². The molecule has 0 bridgehead atoms. The Hall–Kier alpha value is -3.91. The molecule has 0 aliphatic heterocycles.